The number of rotatable bonds is 4. The predicted octanol–water partition coefficient (Wildman–Crippen LogP) is 1.99. The first-order chi connectivity index (χ1) is 7.85. The van der Waals surface area contributed by atoms with Gasteiger partial charge in [0, 0.05) is 11.1 Å². The normalized spacial score (nSPS) is 11.4. The number of hydrogen-bond acceptors (Lipinski definition) is 2. The zero-order valence-corrected chi connectivity index (χ0v) is 10.5. The van der Waals surface area contributed by atoms with E-state index in [-0.39, 0.29) is 17.3 Å². The number of benzene rings is 1. The summed E-state index contributed by atoms with van der Waals surface area (Å²) in [6.07, 6.45) is 0.693. The van der Waals surface area contributed by atoms with Crippen molar-refractivity contribution in [2.45, 2.75) is 32.7 Å². The highest BCUT2D eigenvalue weighted by atomic mass is 19.1. The number of carbonyl (C=O) groups is 1. The summed E-state index contributed by atoms with van der Waals surface area (Å²) in [6.45, 7) is 6.05. The van der Waals surface area contributed by atoms with Crippen LogP contribution in [0.4, 0.5) is 4.39 Å². The summed E-state index contributed by atoms with van der Waals surface area (Å²) in [7, 11) is 0. The van der Waals surface area contributed by atoms with Crippen molar-refractivity contribution in [3.63, 3.8) is 0 Å². The minimum Gasteiger partial charge on any atom is -0.347 e. The molecule has 0 aliphatic carbocycles. The second-order valence-electron chi connectivity index (χ2n) is 4.84. The molecule has 1 aromatic carbocycles. The summed E-state index contributed by atoms with van der Waals surface area (Å²) < 4.78 is 12.9. The second-order valence-corrected chi connectivity index (χ2v) is 4.84. The standard InChI is InChI=1S/C13H19FN2O/c1-9-8-10(14)4-5-11(9)12(17)16-13(2,3)6-7-15/h4-5,8H,6-7,15H2,1-3H3,(H,16,17). The minimum atomic E-state index is -0.355. The summed E-state index contributed by atoms with van der Waals surface area (Å²) in [5.41, 5.74) is 6.25. The van der Waals surface area contributed by atoms with E-state index in [2.05, 4.69) is 5.32 Å². The highest BCUT2D eigenvalue weighted by molar-refractivity contribution is 5.96. The highest BCUT2D eigenvalue weighted by Crippen LogP contribution is 2.13. The van der Waals surface area contributed by atoms with Gasteiger partial charge in [0.25, 0.3) is 5.91 Å². The lowest BCUT2D eigenvalue weighted by atomic mass is 9.99. The molecule has 0 saturated carbocycles. The van der Waals surface area contributed by atoms with Crippen molar-refractivity contribution in [2.24, 2.45) is 5.73 Å². The Bertz CT molecular complexity index is 416. The Morgan fingerprint density at radius 3 is 2.65 bits per heavy atom. The Kier molecular flexibility index (Phi) is 4.23. The molecule has 0 aliphatic heterocycles. The maximum Gasteiger partial charge on any atom is 0.251 e. The van der Waals surface area contributed by atoms with E-state index in [0.29, 0.717) is 24.1 Å². The fourth-order valence-corrected chi connectivity index (χ4v) is 1.68. The molecule has 17 heavy (non-hydrogen) atoms. The van der Waals surface area contributed by atoms with Gasteiger partial charge in [0.15, 0.2) is 0 Å². The third-order valence-electron chi connectivity index (χ3n) is 2.65. The molecule has 0 radical (unpaired) electrons. The first-order valence-electron chi connectivity index (χ1n) is 5.64. The zero-order valence-electron chi connectivity index (χ0n) is 10.5. The largest absolute Gasteiger partial charge is 0.347 e. The number of amides is 1. The Morgan fingerprint density at radius 1 is 1.47 bits per heavy atom. The van der Waals surface area contributed by atoms with E-state index in [1.807, 2.05) is 13.8 Å². The van der Waals surface area contributed by atoms with E-state index < -0.39 is 0 Å². The molecule has 0 bridgehead atoms. The molecule has 0 heterocycles. The number of nitrogens with two attached hydrogens (primary N) is 1. The van der Waals surface area contributed by atoms with E-state index >= 15 is 0 Å². The lowest BCUT2D eigenvalue weighted by Crippen LogP contribution is -2.44. The zero-order chi connectivity index (χ0) is 13.1. The van der Waals surface area contributed by atoms with Gasteiger partial charge in [-0.3, -0.25) is 4.79 Å². The van der Waals surface area contributed by atoms with Crippen molar-refractivity contribution in [1.29, 1.82) is 0 Å². The third-order valence-corrected chi connectivity index (χ3v) is 2.65. The molecule has 0 fully saturated rings. The molecule has 0 atom stereocenters. The van der Waals surface area contributed by atoms with Gasteiger partial charge in [-0.2, -0.15) is 0 Å². The Labute approximate surface area is 101 Å². The quantitative estimate of drug-likeness (QED) is 0.842. The Balaban J connectivity index is 2.83. The summed E-state index contributed by atoms with van der Waals surface area (Å²) >= 11 is 0. The second kappa shape index (κ2) is 5.27. The van der Waals surface area contributed by atoms with Crippen LogP contribution in [0.2, 0.25) is 0 Å². The molecule has 3 N–H and O–H groups in total. The first-order valence-corrected chi connectivity index (χ1v) is 5.64. The average Bonchev–Trinajstić information content (AvgIpc) is 2.15. The van der Waals surface area contributed by atoms with Crippen LogP contribution >= 0.6 is 0 Å². The third kappa shape index (κ3) is 3.82. The van der Waals surface area contributed by atoms with E-state index in [1.165, 1.54) is 18.2 Å². The summed E-state index contributed by atoms with van der Waals surface area (Å²) in [5.74, 6) is -0.527. The van der Waals surface area contributed by atoms with Crippen LogP contribution in [0.5, 0.6) is 0 Å². The lowest BCUT2D eigenvalue weighted by molar-refractivity contribution is 0.0909. The summed E-state index contributed by atoms with van der Waals surface area (Å²) in [5, 5.41) is 2.89. The van der Waals surface area contributed by atoms with Crippen LogP contribution < -0.4 is 11.1 Å². The molecule has 1 amide bonds. The van der Waals surface area contributed by atoms with Crippen LogP contribution in [-0.2, 0) is 0 Å². The molecule has 1 rings (SSSR count). The van der Waals surface area contributed by atoms with Gasteiger partial charge in [-0.15, -0.1) is 0 Å². The number of carbonyl (C=O) groups excluding carboxylic acids is 1. The van der Waals surface area contributed by atoms with Crippen LogP contribution in [0.25, 0.3) is 0 Å². The van der Waals surface area contributed by atoms with Gasteiger partial charge in [-0.05, 0) is 57.5 Å². The SMILES string of the molecule is Cc1cc(F)ccc1C(=O)NC(C)(C)CCN. The fraction of sp³-hybridized carbons (Fsp3) is 0.462. The number of hydrogen-bond donors (Lipinski definition) is 2. The molecular formula is C13H19FN2O. The van der Waals surface area contributed by atoms with Crippen LogP contribution in [0.1, 0.15) is 36.2 Å². The molecule has 94 valence electrons. The van der Waals surface area contributed by atoms with Gasteiger partial charge >= 0.3 is 0 Å². The van der Waals surface area contributed by atoms with Crippen LogP contribution in [0.3, 0.4) is 0 Å². The van der Waals surface area contributed by atoms with Gasteiger partial charge < -0.3 is 11.1 Å². The highest BCUT2D eigenvalue weighted by Gasteiger charge is 2.21. The topological polar surface area (TPSA) is 55.1 Å². The van der Waals surface area contributed by atoms with E-state index in [1.54, 1.807) is 6.92 Å². The first kappa shape index (κ1) is 13.6. The molecule has 0 saturated heterocycles. The van der Waals surface area contributed by atoms with Gasteiger partial charge in [0.05, 0.1) is 0 Å². The average molecular weight is 238 g/mol. The van der Waals surface area contributed by atoms with Crippen molar-refractivity contribution < 1.29 is 9.18 Å². The van der Waals surface area contributed by atoms with Gasteiger partial charge in [0.2, 0.25) is 0 Å². The number of halogens is 1. The predicted molar refractivity (Wildman–Crippen MR) is 66.4 cm³/mol. The van der Waals surface area contributed by atoms with Gasteiger partial charge in [-0.1, -0.05) is 0 Å². The molecule has 0 spiro atoms. The minimum absolute atomic E-state index is 0.194. The molecule has 4 heteroatoms. The van der Waals surface area contributed by atoms with Gasteiger partial charge in [0.1, 0.15) is 5.82 Å². The molecule has 0 aromatic heterocycles. The summed E-state index contributed by atoms with van der Waals surface area (Å²) in [4.78, 5) is 12.0. The van der Waals surface area contributed by atoms with Crippen molar-refractivity contribution in [2.75, 3.05) is 6.54 Å². The Morgan fingerprint density at radius 2 is 2.12 bits per heavy atom. The van der Waals surface area contributed by atoms with E-state index in [0.717, 1.165) is 0 Å². The smallest absolute Gasteiger partial charge is 0.251 e. The van der Waals surface area contributed by atoms with Crippen molar-refractivity contribution in [3.8, 4) is 0 Å². The monoisotopic (exact) mass is 238 g/mol. The molecule has 3 nitrogen and oxygen atoms in total. The van der Waals surface area contributed by atoms with Crippen LogP contribution in [0.15, 0.2) is 18.2 Å². The van der Waals surface area contributed by atoms with Crippen LogP contribution in [-0.4, -0.2) is 18.0 Å². The molecular weight excluding hydrogens is 219 g/mol. The van der Waals surface area contributed by atoms with Crippen LogP contribution in [0, 0.1) is 12.7 Å². The maximum atomic E-state index is 12.9. The fourth-order valence-electron chi connectivity index (χ4n) is 1.68. The number of nitrogens with one attached hydrogen (secondary N) is 1. The maximum absolute atomic E-state index is 12.9. The molecule has 1 aromatic rings. The van der Waals surface area contributed by atoms with Crippen molar-refractivity contribution in [3.05, 3.63) is 35.1 Å². The van der Waals surface area contributed by atoms with E-state index in [9.17, 15) is 9.18 Å². The van der Waals surface area contributed by atoms with Crippen molar-refractivity contribution >= 4 is 5.91 Å². The summed E-state index contributed by atoms with van der Waals surface area (Å²) in [6, 6.07) is 4.14. The van der Waals surface area contributed by atoms with Gasteiger partial charge in [-0.25, -0.2) is 4.39 Å². The molecule has 0 unspecified atom stereocenters. The van der Waals surface area contributed by atoms with E-state index in [4.69, 9.17) is 5.73 Å². The number of aryl methyl sites for hydroxylation is 1. The van der Waals surface area contributed by atoms with Crippen molar-refractivity contribution in [1.82, 2.24) is 5.32 Å². The Hall–Kier alpha value is -1.42. The lowest BCUT2D eigenvalue weighted by Gasteiger charge is -2.26. The molecule has 0 aliphatic rings.